The fourth-order valence-electron chi connectivity index (χ4n) is 2.09. The van der Waals surface area contributed by atoms with Crippen molar-refractivity contribution in [1.82, 2.24) is 4.90 Å². The first kappa shape index (κ1) is 13.2. The molecule has 0 radical (unpaired) electrons. The molecule has 15 heavy (non-hydrogen) atoms. The lowest BCUT2D eigenvalue weighted by Gasteiger charge is -2.29. The molecule has 0 aromatic carbocycles. The molecule has 88 valence electrons. The van der Waals surface area contributed by atoms with Crippen LogP contribution >= 0.6 is 23.4 Å². The molecule has 1 unspecified atom stereocenters. The van der Waals surface area contributed by atoms with Crippen LogP contribution in [0.25, 0.3) is 0 Å². The number of carbonyl (C=O) groups is 1. The fourth-order valence-corrected chi connectivity index (χ4v) is 3.03. The lowest BCUT2D eigenvalue weighted by molar-refractivity contribution is -0.129. The first-order valence-electron chi connectivity index (χ1n) is 5.35. The Kier molecular flexibility index (Phi) is 4.78. The molecule has 1 fully saturated rings. The topological polar surface area (TPSA) is 20.3 Å². The number of halogens is 1. The summed E-state index contributed by atoms with van der Waals surface area (Å²) < 4.78 is 0. The van der Waals surface area contributed by atoms with E-state index in [1.54, 1.807) is 11.8 Å². The average molecular weight is 250 g/mol. The SMILES string of the molecule is CSCC(=O)N1CCC(Cl)CC(C)(C)C1. The summed E-state index contributed by atoms with van der Waals surface area (Å²) in [6, 6.07) is 0. The van der Waals surface area contributed by atoms with E-state index < -0.39 is 0 Å². The number of carbonyl (C=O) groups excluding carboxylic acids is 1. The van der Waals surface area contributed by atoms with Gasteiger partial charge in [0.05, 0.1) is 5.75 Å². The van der Waals surface area contributed by atoms with E-state index >= 15 is 0 Å². The standard InChI is InChI=1S/C11H20ClNOS/c1-11(2)6-9(12)4-5-13(8-11)10(14)7-15-3/h9H,4-8H2,1-3H3. The molecular formula is C11H20ClNOS. The van der Waals surface area contributed by atoms with Crippen LogP contribution < -0.4 is 0 Å². The van der Waals surface area contributed by atoms with Crippen LogP contribution in [0.1, 0.15) is 26.7 Å². The van der Waals surface area contributed by atoms with Gasteiger partial charge in [-0.2, -0.15) is 11.8 Å². The normalized spacial score (nSPS) is 26.1. The van der Waals surface area contributed by atoms with Crippen LogP contribution in [-0.4, -0.2) is 41.3 Å². The molecule has 4 heteroatoms. The zero-order valence-corrected chi connectivity index (χ0v) is 11.3. The first-order chi connectivity index (χ1) is 6.94. The average Bonchev–Trinajstić information content (AvgIpc) is 2.23. The van der Waals surface area contributed by atoms with Crippen LogP contribution in [0.15, 0.2) is 0 Å². The second-order valence-corrected chi connectivity index (χ2v) is 6.49. The Morgan fingerprint density at radius 1 is 1.60 bits per heavy atom. The van der Waals surface area contributed by atoms with Crippen molar-refractivity contribution in [3.8, 4) is 0 Å². The Morgan fingerprint density at radius 2 is 2.27 bits per heavy atom. The van der Waals surface area contributed by atoms with Crippen molar-refractivity contribution in [2.75, 3.05) is 25.1 Å². The predicted octanol–water partition coefficient (Wildman–Crippen LogP) is 2.61. The van der Waals surface area contributed by atoms with Gasteiger partial charge >= 0.3 is 0 Å². The van der Waals surface area contributed by atoms with Gasteiger partial charge in [0.25, 0.3) is 0 Å². The van der Waals surface area contributed by atoms with Crippen molar-refractivity contribution < 1.29 is 4.79 Å². The summed E-state index contributed by atoms with van der Waals surface area (Å²) in [5, 5.41) is 0.215. The van der Waals surface area contributed by atoms with Gasteiger partial charge in [-0.15, -0.1) is 11.6 Å². The van der Waals surface area contributed by atoms with Gasteiger partial charge in [-0.05, 0) is 24.5 Å². The maximum Gasteiger partial charge on any atom is 0.232 e. The minimum atomic E-state index is 0.150. The van der Waals surface area contributed by atoms with Crippen LogP contribution in [0.3, 0.4) is 0 Å². The number of nitrogens with zero attached hydrogens (tertiary/aromatic N) is 1. The quantitative estimate of drug-likeness (QED) is 0.702. The molecule has 0 spiro atoms. The summed E-state index contributed by atoms with van der Waals surface area (Å²) in [6.45, 7) is 6.03. The summed E-state index contributed by atoms with van der Waals surface area (Å²) in [6.07, 6.45) is 3.88. The highest BCUT2D eigenvalue weighted by Crippen LogP contribution is 2.31. The lowest BCUT2D eigenvalue weighted by atomic mass is 9.88. The van der Waals surface area contributed by atoms with E-state index in [1.807, 2.05) is 11.2 Å². The van der Waals surface area contributed by atoms with E-state index in [0.29, 0.717) is 5.75 Å². The van der Waals surface area contributed by atoms with Crippen molar-refractivity contribution in [2.45, 2.75) is 32.1 Å². The van der Waals surface area contributed by atoms with Crippen molar-refractivity contribution in [2.24, 2.45) is 5.41 Å². The Balaban J connectivity index is 2.62. The predicted molar refractivity (Wildman–Crippen MR) is 67.6 cm³/mol. The van der Waals surface area contributed by atoms with Gasteiger partial charge in [0, 0.05) is 18.5 Å². The Hall–Kier alpha value is 0.110. The number of amides is 1. The Labute approximate surface area is 102 Å². The number of likely N-dealkylation sites (tertiary alicyclic amines) is 1. The highest BCUT2D eigenvalue weighted by Gasteiger charge is 2.30. The summed E-state index contributed by atoms with van der Waals surface area (Å²) >= 11 is 7.80. The Morgan fingerprint density at radius 3 is 2.87 bits per heavy atom. The third-order valence-corrected chi connectivity index (χ3v) is 3.63. The van der Waals surface area contributed by atoms with Gasteiger partial charge in [0.15, 0.2) is 0 Å². The van der Waals surface area contributed by atoms with Crippen LogP contribution in [0.5, 0.6) is 0 Å². The third kappa shape index (κ3) is 4.23. The van der Waals surface area contributed by atoms with Crippen LogP contribution in [0, 0.1) is 5.41 Å². The van der Waals surface area contributed by atoms with E-state index in [1.165, 1.54) is 0 Å². The minimum absolute atomic E-state index is 0.150. The van der Waals surface area contributed by atoms with Crippen LogP contribution in [-0.2, 0) is 4.79 Å². The summed E-state index contributed by atoms with van der Waals surface area (Å²) in [5.41, 5.74) is 0.150. The van der Waals surface area contributed by atoms with Gasteiger partial charge in [0.2, 0.25) is 5.91 Å². The molecular weight excluding hydrogens is 230 g/mol. The number of thioether (sulfide) groups is 1. The highest BCUT2D eigenvalue weighted by atomic mass is 35.5. The second-order valence-electron chi connectivity index (χ2n) is 5.00. The van der Waals surface area contributed by atoms with Crippen molar-refractivity contribution >= 4 is 29.3 Å². The molecule has 1 aliphatic heterocycles. The van der Waals surface area contributed by atoms with Gasteiger partial charge in [-0.25, -0.2) is 0 Å². The van der Waals surface area contributed by atoms with Crippen molar-refractivity contribution in [1.29, 1.82) is 0 Å². The summed E-state index contributed by atoms with van der Waals surface area (Å²) in [4.78, 5) is 13.8. The van der Waals surface area contributed by atoms with E-state index in [-0.39, 0.29) is 16.7 Å². The smallest absolute Gasteiger partial charge is 0.232 e. The molecule has 2 nitrogen and oxygen atoms in total. The fraction of sp³-hybridized carbons (Fsp3) is 0.909. The van der Waals surface area contributed by atoms with E-state index in [2.05, 4.69) is 13.8 Å². The molecule has 1 atom stereocenters. The van der Waals surface area contributed by atoms with Gasteiger partial charge in [-0.1, -0.05) is 13.8 Å². The molecule has 0 aliphatic carbocycles. The highest BCUT2D eigenvalue weighted by molar-refractivity contribution is 7.99. The first-order valence-corrected chi connectivity index (χ1v) is 7.18. The van der Waals surface area contributed by atoms with Crippen LogP contribution in [0.2, 0.25) is 0 Å². The van der Waals surface area contributed by atoms with Gasteiger partial charge in [-0.3, -0.25) is 4.79 Å². The Bertz CT molecular complexity index is 233. The molecule has 0 saturated carbocycles. The van der Waals surface area contributed by atoms with E-state index in [0.717, 1.165) is 25.9 Å². The van der Waals surface area contributed by atoms with Gasteiger partial charge in [0.1, 0.15) is 0 Å². The summed E-state index contributed by atoms with van der Waals surface area (Å²) in [7, 11) is 0. The molecule has 1 rings (SSSR count). The number of hydrogen-bond acceptors (Lipinski definition) is 2. The second kappa shape index (κ2) is 5.44. The molecule has 1 amide bonds. The van der Waals surface area contributed by atoms with Crippen molar-refractivity contribution in [3.63, 3.8) is 0 Å². The largest absolute Gasteiger partial charge is 0.341 e. The molecule has 1 aliphatic rings. The van der Waals surface area contributed by atoms with E-state index in [4.69, 9.17) is 11.6 Å². The maximum atomic E-state index is 11.8. The summed E-state index contributed by atoms with van der Waals surface area (Å²) in [5.74, 6) is 0.838. The zero-order chi connectivity index (χ0) is 11.5. The minimum Gasteiger partial charge on any atom is -0.341 e. The number of alkyl halides is 1. The lowest BCUT2D eigenvalue weighted by Crippen LogP contribution is -2.38. The number of hydrogen-bond donors (Lipinski definition) is 0. The molecule has 1 saturated heterocycles. The molecule has 0 aromatic heterocycles. The zero-order valence-electron chi connectivity index (χ0n) is 9.75. The molecule has 0 bridgehead atoms. The molecule has 0 aromatic rings. The third-order valence-electron chi connectivity index (χ3n) is 2.73. The number of rotatable bonds is 2. The van der Waals surface area contributed by atoms with Gasteiger partial charge < -0.3 is 4.90 Å². The molecule has 1 heterocycles. The maximum absolute atomic E-state index is 11.8. The van der Waals surface area contributed by atoms with Crippen molar-refractivity contribution in [3.05, 3.63) is 0 Å². The van der Waals surface area contributed by atoms with Crippen LogP contribution in [0.4, 0.5) is 0 Å². The molecule has 0 N–H and O–H groups in total. The monoisotopic (exact) mass is 249 g/mol. The van der Waals surface area contributed by atoms with E-state index in [9.17, 15) is 4.79 Å².